The van der Waals surface area contributed by atoms with Crippen LogP contribution in [0.3, 0.4) is 0 Å². The van der Waals surface area contributed by atoms with Gasteiger partial charge in [0.1, 0.15) is 5.75 Å². The molecule has 3 heterocycles. The standard InChI is InChI=1S/C25H32N4O4S/c1-6-33-24(31)22-16(2)26-25-29(23(22)17-8-7-9-20(12-17)32-5)19(15-34-25)13-21(30)28-11-10-18(14-28)27(3)4/h7-9,12,15,18,23H,6,10-11,13-14H2,1-5H3. The minimum atomic E-state index is -0.455. The molecule has 0 radical (unpaired) electrons. The molecule has 0 aliphatic carbocycles. The summed E-state index contributed by atoms with van der Waals surface area (Å²) in [4.78, 5) is 37.1. The van der Waals surface area contributed by atoms with Crippen molar-refractivity contribution in [1.29, 1.82) is 0 Å². The van der Waals surface area contributed by atoms with Gasteiger partial charge in [-0.1, -0.05) is 23.9 Å². The molecule has 0 N–H and O–H groups in total. The van der Waals surface area contributed by atoms with E-state index in [1.807, 2.05) is 46.4 Å². The molecule has 34 heavy (non-hydrogen) atoms. The van der Waals surface area contributed by atoms with E-state index in [-0.39, 0.29) is 18.9 Å². The lowest BCUT2D eigenvalue weighted by atomic mass is 9.93. The van der Waals surface area contributed by atoms with E-state index < -0.39 is 12.0 Å². The van der Waals surface area contributed by atoms with Gasteiger partial charge in [0.2, 0.25) is 5.91 Å². The summed E-state index contributed by atoms with van der Waals surface area (Å²) in [5.74, 6) is 0.389. The summed E-state index contributed by atoms with van der Waals surface area (Å²) in [6.45, 7) is 5.39. The van der Waals surface area contributed by atoms with Gasteiger partial charge < -0.3 is 24.2 Å². The van der Waals surface area contributed by atoms with Crippen molar-refractivity contribution in [3.8, 4) is 5.75 Å². The molecular weight excluding hydrogens is 452 g/mol. The van der Waals surface area contributed by atoms with Gasteiger partial charge in [0.25, 0.3) is 0 Å². The van der Waals surface area contributed by atoms with E-state index in [0.717, 1.165) is 35.9 Å². The minimum Gasteiger partial charge on any atom is -0.497 e. The summed E-state index contributed by atoms with van der Waals surface area (Å²) in [5, 5.41) is 2.74. The van der Waals surface area contributed by atoms with Gasteiger partial charge in [-0.05, 0) is 57.5 Å². The molecular formula is C25H32N4O4S. The van der Waals surface area contributed by atoms with Crippen molar-refractivity contribution in [2.75, 3.05) is 40.9 Å². The lowest BCUT2D eigenvalue weighted by Gasteiger charge is -2.36. The van der Waals surface area contributed by atoms with E-state index in [9.17, 15) is 9.59 Å². The summed E-state index contributed by atoms with van der Waals surface area (Å²) >= 11 is 1.48. The molecule has 0 bridgehead atoms. The highest BCUT2D eigenvalue weighted by Crippen LogP contribution is 2.45. The second-order valence-electron chi connectivity index (χ2n) is 8.81. The summed E-state index contributed by atoms with van der Waals surface area (Å²) in [5.41, 5.74) is 2.82. The van der Waals surface area contributed by atoms with Crippen LogP contribution in [0.2, 0.25) is 0 Å². The first-order chi connectivity index (χ1) is 16.3. The number of amides is 1. The number of amidine groups is 1. The number of aliphatic imine (C=N–C) groups is 1. The second-order valence-corrected chi connectivity index (χ2v) is 9.65. The fourth-order valence-electron chi connectivity index (χ4n) is 4.62. The Morgan fingerprint density at radius 2 is 2.09 bits per heavy atom. The maximum absolute atomic E-state index is 13.2. The molecule has 182 valence electrons. The largest absolute Gasteiger partial charge is 0.497 e. The Kier molecular flexibility index (Phi) is 7.33. The molecule has 3 aliphatic heterocycles. The quantitative estimate of drug-likeness (QED) is 0.549. The van der Waals surface area contributed by atoms with Crippen LogP contribution in [0, 0.1) is 0 Å². The van der Waals surface area contributed by atoms with Gasteiger partial charge in [0.05, 0.1) is 37.4 Å². The predicted molar refractivity (Wildman–Crippen MR) is 133 cm³/mol. The van der Waals surface area contributed by atoms with Crippen LogP contribution in [0.1, 0.15) is 38.3 Å². The average Bonchev–Trinajstić information content (AvgIpc) is 3.46. The number of likely N-dealkylation sites (N-methyl/N-ethyl adjacent to an activating group) is 1. The van der Waals surface area contributed by atoms with Gasteiger partial charge in [-0.25, -0.2) is 9.79 Å². The normalized spacial score (nSPS) is 22.1. The van der Waals surface area contributed by atoms with Gasteiger partial charge >= 0.3 is 5.97 Å². The number of carbonyl (C=O) groups is 2. The van der Waals surface area contributed by atoms with Gasteiger partial charge in [-0.2, -0.15) is 0 Å². The number of ether oxygens (including phenoxy) is 2. The lowest BCUT2D eigenvalue weighted by Crippen LogP contribution is -2.39. The van der Waals surface area contributed by atoms with Crippen LogP contribution in [-0.4, -0.2) is 78.7 Å². The number of rotatable bonds is 7. The summed E-state index contributed by atoms with van der Waals surface area (Å²) in [7, 11) is 5.72. The van der Waals surface area contributed by atoms with Crippen molar-refractivity contribution < 1.29 is 19.1 Å². The van der Waals surface area contributed by atoms with Gasteiger partial charge in [-0.3, -0.25) is 4.79 Å². The molecule has 1 saturated heterocycles. The number of hydrogen-bond donors (Lipinski definition) is 0. The Morgan fingerprint density at radius 1 is 1.29 bits per heavy atom. The fourth-order valence-corrected chi connectivity index (χ4v) is 5.59. The zero-order valence-corrected chi connectivity index (χ0v) is 21.2. The molecule has 3 aliphatic rings. The Bertz CT molecular complexity index is 1060. The highest BCUT2D eigenvalue weighted by Gasteiger charge is 2.42. The number of hydrogen-bond acceptors (Lipinski definition) is 8. The molecule has 1 amide bonds. The van der Waals surface area contributed by atoms with Crippen LogP contribution in [-0.2, 0) is 14.3 Å². The Balaban J connectivity index is 1.66. The van der Waals surface area contributed by atoms with E-state index in [2.05, 4.69) is 19.0 Å². The average molecular weight is 485 g/mol. The van der Waals surface area contributed by atoms with Crippen molar-refractivity contribution in [1.82, 2.24) is 14.7 Å². The monoisotopic (exact) mass is 484 g/mol. The van der Waals surface area contributed by atoms with E-state index in [0.29, 0.717) is 23.1 Å². The van der Waals surface area contributed by atoms with Gasteiger partial charge in [0, 0.05) is 24.8 Å². The molecule has 1 fully saturated rings. The SMILES string of the molecule is CCOC(=O)C1=C(C)N=C2SC=C(CC(=O)N3CCC(N(C)C)C3)N2C1c1cccc(OC)c1. The van der Waals surface area contributed by atoms with Crippen molar-refractivity contribution in [3.05, 3.63) is 52.2 Å². The third kappa shape index (κ3) is 4.72. The Hall–Kier alpha value is -2.78. The van der Waals surface area contributed by atoms with Gasteiger partial charge in [0.15, 0.2) is 5.17 Å². The number of nitrogens with zero attached hydrogens (tertiary/aromatic N) is 4. The second kappa shape index (κ2) is 10.2. The van der Waals surface area contributed by atoms with Crippen molar-refractivity contribution in [3.63, 3.8) is 0 Å². The van der Waals surface area contributed by atoms with Crippen LogP contribution in [0.25, 0.3) is 0 Å². The third-order valence-electron chi connectivity index (χ3n) is 6.48. The highest BCUT2D eigenvalue weighted by molar-refractivity contribution is 8.16. The molecule has 1 aromatic rings. The van der Waals surface area contributed by atoms with Crippen LogP contribution in [0.5, 0.6) is 5.75 Å². The third-order valence-corrected chi connectivity index (χ3v) is 7.37. The lowest BCUT2D eigenvalue weighted by molar-refractivity contribution is -0.139. The molecule has 0 spiro atoms. The topological polar surface area (TPSA) is 74.7 Å². The van der Waals surface area contributed by atoms with Crippen molar-refractivity contribution in [2.45, 2.75) is 38.8 Å². The molecule has 8 nitrogen and oxygen atoms in total. The molecule has 2 unspecified atom stereocenters. The van der Waals surface area contributed by atoms with Crippen molar-refractivity contribution >= 4 is 28.8 Å². The number of esters is 1. The number of likely N-dealkylation sites (tertiary alicyclic amines) is 1. The summed E-state index contributed by atoms with van der Waals surface area (Å²) in [6.07, 6.45) is 1.23. The van der Waals surface area contributed by atoms with Crippen molar-refractivity contribution in [2.24, 2.45) is 4.99 Å². The smallest absolute Gasteiger partial charge is 0.338 e. The maximum atomic E-state index is 13.2. The minimum absolute atomic E-state index is 0.0887. The van der Waals surface area contributed by atoms with E-state index in [4.69, 9.17) is 14.5 Å². The predicted octanol–water partition coefficient (Wildman–Crippen LogP) is 3.39. The van der Waals surface area contributed by atoms with Gasteiger partial charge in [-0.15, -0.1) is 0 Å². The van der Waals surface area contributed by atoms with Crippen LogP contribution in [0.15, 0.2) is 51.6 Å². The van der Waals surface area contributed by atoms with Crippen LogP contribution >= 0.6 is 11.8 Å². The molecule has 1 aromatic carbocycles. The summed E-state index contributed by atoms with van der Waals surface area (Å²) < 4.78 is 10.9. The van der Waals surface area contributed by atoms with E-state index in [1.54, 1.807) is 14.0 Å². The molecule has 9 heteroatoms. The number of thioether (sulfide) groups is 1. The van der Waals surface area contributed by atoms with Crippen LogP contribution in [0.4, 0.5) is 0 Å². The fraction of sp³-hybridized carbons (Fsp3) is 0.480. The number of fused-ring (bicyclic) bond motifs is 1. The van der Waals surface area contributed by atoms with E-state index >= 15 is 0 Å². The number of allylic oxidation sites excluding steroid dienone is 1. The zero-order chi connectivity index (χ0) is 24.4. The molecule has 2 atom stereocenters. The maximum Gasteiger partial charge on any atom is 0.338 e. The zero-order valence-electron chi connectivity index (χ0n) is 20.4. The summed E-state index contributed by atoms with van der Waals surface area (Å²) in [6, 6.07) is 7.59. The molecule has 0 aromatic heterocycles. The number of benzene rings is 1. The van der Waals surface area contributed by atoms with Crippen LogP contribution < -0.4 is 4.74 Å². The first-order valence-electron chi connectivity index (χ1n) is 11.5. The molecule has 0 saturated carbocycles. The first-order valence-corrected chi connectivity index (χ1v) is 12.4. The highest BCUT2D eigenvalue weighted by atomic mass is 32.2. The first kappa shape index (κ1) is 24.3. The molecule has 4 rings (SSSR count). The Morgan fingerprint density at radius 3 is 2.76 bits per heavy atom. The number of methoxy groups -OCH3 is 1. The Labute approximate surface area is 205 Å². The number of carbonyl (C=O) groups excluding carboxylic acids is 2. The van der Waals surface area contributed by atoms with E-state index in [1.165, 1.54) is 11.8 Å².